The molecule has 1 aromatic carbocycles. The number of methoxy groups -OCH3 is 1. The van der Waals surface area contributed by atoms with Crippen LogP contribution in [0.3, 0.4) is 0 Å². The van der Waals surface area contributed by atoms with E-state index in [1.807, 2.05) is 28.8 Å². The first-order chi connectivity index (χ1) is 10.8. The van der Waals surface area contributed by atoms with Gasteiger partial charge in [-0.25, -0.2) is 4.98 Å². The van der Waals surface area contributed by atoms with Crippen LogP contribution >= 0.6 is 23.1 Å². The molecule has 3 rings (SSSR count). The average Bonchev–Trinajstić information content (AvgIpc) is 3.21. The van der Waals surface area contributed by atoms with Crippen molar-refractivity contribution < 1.29 is 4.74 Å². The Labute approximate surface area is 137 Å². The zero-order valence-electron chi connectivity index (χ0n) is 12.4. The molecule has 2 aromatic heterocycles. The molecule has 2 heterocycles. The third-order valence-electron chi connectivity index (χ3n) is 3.11. The fourth-order valence-corrected chi connectivity index (χ4v) is 3.70. The summed E-state index contributed by atoms with van der Waals surface area (Å²) in [4.78, 5) is 4.58. The molecule has 0 unspecified atom stereocenters. The molecule has 0 radical (unpaired) electrons. The van der Waals surface area contributed by atoms with Crippen molar-refractivity contribution in [2.75, 3.05) is 7.11 Å². The molecule has 0 amide bonds. The predicted molar refractivity (Wildman–Crippen MR) is 89.0 cm³/mol. The van der Waals surface area contributed by atoms with Gasteiger partial charge in [-0.3, -0.25) is 4.57 Å². The maximum atomic E-state index is 5.41. The number of rotatable bonds is 6. The molecule has 0 aliphatic heterocycles. The number of para-hydroxylation sites is 2. The number of ether oxygens (including phenoxy) is 1. The lowest BCUT2D eigenvalue weighted by atomic mass is 10.3. The van der Waals surface area contributed by atoms with Gasteiger partial charge in [0.05, 0.1) is 23.5 Å². The number of aryl methyl sites for hydroxylation is 1. The van der Waals surface area contributed by atoms with Gasteiger partial charge in [0.15, 0.2) is 5.16 Å². The first-order valence-electron chi connectivity index (χ1n) is 6.91. The molecule has 0 saturated carbocycles. The molecule has 0 aliphatic rings. The van der Waals surface area contributed by atoms with Crippen molar-refractivity contribution in [2.24, 2.45) is 0 Å². The minimum Gasteiger partial charge on any atom is -0.495 e. The maximum absolute atomic E-state index is 5.41. The minimum atomic E-state index is 0.782. The van der Waals surface area contributed by atoms with Gasteiger partial charge in [-0.1, -0.05) is 30.8 Å². The van der Waals surface area contributed by atoms with E-state index in [0.29, 0.717) is 0 Å². The SMILES string of the molecule is CCc1nc(CSc2nncn2-c2ccccc2OC)cs1. The first-order valence-corrected chi connectivity index (χ1v) is 8.77. The molecule has 114 valence electrons. The third-order valence-corrected chi connectivity index (χ3v) is 5.13. The molecular formula is C15H16N4OS2. The summed E-state index contributed by atoms with van der Waals surface area (Å²) in [6, 6.07) is 7.84. The van der Waals surface area contributed by atoms with E-state index in [1.54, 1.807) is 36.5 Å². The minimum absolute atomic E-state index is 0.782. The number of thioether (sulfide) groups is 1. The zero-order chi connectivity index (χ0) is 15.4. The normalized spacial score (nSPS) is 10.8. The van der Waals surface area contributed by atoms with E-state index in [4.69, 9.17) is 4.74 Å². The van der Waals surface area contributed by atoms with Crippen LogP contribution in [-0.2, 0) is 12.2 Å². The summed E-state index contributed by atoms with van der Waals surface area (Å²) in [6.07, 6.45) is 2.69. The van der Waals surface area contributed by atoms with Crippen LogP contribution in [0.5, 0.6) is 5.75 Å². The molecule has 0 N–H and O–H groups in total. The molecule has 7 heteroatoms. The number of thiazole rings is 1. The fourth-order valence-electron chi connectivity index (χ4n) is 2.03. The highest BCUT2D eigenvalue weighted by molar-refractivity contribution is 7.98. The maximum Gasteiger partial charge on any atom is 0.196 e. The standard InChI is InChI=1S/C15H16N4OS2/c1-3-14-17-11(8-21-14)9-22-15-18-16-10-19(15)12-6-4-5-7-13(12)20-2/h4-8,10H,3,9H2,1-2H3. The number of benzene rings is 1. The van der Waals surface area contributed by atoms with Crippen molar-refractivity contribution >= 4 is 23.1 Å². The summed E-state index contributed by atoms with van der Waals surface area (Å²) >= 11 is 3.33. The second-order valence-corrected chi connectivity index (χ2v) is 6.42. The van der Waals surface area contributed by atoms with Crippen molar-refractivity contribution in [2.45, 2.75) is 24.3 Å². The molecule has 0 aliphatic carbocycles. The molecule has 0 saturated heterocycles. The highest BCUT2D eigenvalue weighted by Crippen LogP contribution is 2.28. The highest BCUT2D eigenvalue weighted by atomic mass is 32.2. The molecular weight excluding hydrogens is 316 g/mol. The van der Waals surface area contributed by atoms with Crippen LogP contribution in [0.4, 0.5) is 0 Å². The van der Waals surface area contributed by atoms with E-state index in [-0.39, 0.29) is 0 Å². The van der Waals surface area contributed by atoms with Crippen LogP contribution in [0.2, 0.25) is 0 Å². The van der Waals surface area contributed by atoms with E-state index < -0.39 is 0 Å². The van der Waals surface area contributed by atoms with Gasteiger partial charge in [-0.05, 0) is 18.6 Å². The monoisotopic (exact) mass is 332 g/mol. The van der Waals surface area contributed by atoms with Gasteiger partial charge >= 0.3 is 0 Å². The summed E-state index contributed by atoms with van der Waals surface area (Å²) in [5, 5.41) is 12.3. The number of hydrogen-bond donors (Lipinski definition) is 0. The van der Waals surface area contributed by atoms with E-state index in [1.165, 1.54) is 5.01 Å². The van der Waals surface area contributed by atoms with Crippen molar-refractivity contribution in [3.05, 3.63) is 46.7 Å². The average molecular weight is 332 g/mol. The quantitative estimate of drug-likeness (QED) is 0.646. The highest BCUT2D eigenvalue weighted by Gasteiger charge is 2.12. The van der Waals surface area contributed by atoms with Crippen molar-refractivity contribution in [1.82, 2.24) is 19.7 Å². The van der Waals surface area contributed by atoms with Gasteiger partial charge < -0.3 is 4.74 Å². The largest absolute Gasteiger partial charge is 0.495 e. The molecule has 0 fully saturated rings. The van der Waals surface area contributed by atoms with Gasteiger partial charge in [0.1, 0.15) is 12.1 Å². The Morgan fingerprint density at radius 3 is 2.95 bits per heavy atom. The van der Waals surface area contributed by atoms with Crippen LogP contribution < -0.4 is 4.74 Å². The summed E-state index contributed by atoms with van der Waals surface area (Å²) in [5.74, 6) is 1.58. The Morgan fingerprint density at radius 1 is 1.32 bits per heavy atom. The van der Waals surface area contributed by atoms with Crippen LogP contribution in [0, 0.1) is 0 Å². The van der Waals surface area contributed by atoms with Crippen LogP contribution in [0.25, 0.3) is 5.69 Å². The molecule has 3 aromatic rings. The Balaban J connectivity index is 1.80. The van der Waals surface area contributed by atoms with E-state index >= 15 is 0 Å². The molecule has 22 heavy (non-hydrogen) atoms. The lowest BCUT2D eigenvalue weighted by molar-refractivity contribution is 0.412. The zero-order valence-corrected chi connectivity index (χ0v) is 14.0. The van der Waals surface area contributed by atoms with E-state index in [2.05, 4.69) is 27.5 Å². The lowest BCUT2D eigenvalue weighted by Crippen LogP contribution is -1.98. The molecule has 0 atom stereocenters. The van der Waals surface area contributed by atoms with Crippen molar-refractivity contribution in [3.8, 4) is 11.4 Å². The van der Waals surface area contributed by atoms with Crippen molar-refractivity contribution in [3.63, 3.8) is 0 Å². The summed E-state index contributed by atoms with van der Waals surface area (Å²) in [5.41, 5.74) is 2.02. The third kappa shape index (κ3) is 3.15. The number of hydrogen-bond acceptors (Lipinski definition) is 6. The van der Waals surface area contributed by atoms with Gasteiger partial charge in [0, 0.05) is 11.1 Å². The van der Waals surface area contributed by atoms with Gasteiger partial charge in [-0.15, -0.1) is 21.5 Å². The summed E-state index contributed by atoms with van der Waals surface area (Å²) < 4.78 is 7.35. The molecule has 0 bridgehead atoms. The first kappa shape index (κ1) is 15.1. The van der Waals surface area contributed by atoms with Gasteiger partial charge in [-0.2, -0.15) is 0 Å². The van der Waals surface area contributed by atoms with Crippen LogP contribution in [0.1, 0.15) is 17.6 Å². The van der Waals surface area contributed by atoms with Gasteiger partial charge in [0.25, 0.3) is 0 Å². The second-order valence-electron chi connectivity index (χ2n) is 4.53. The smallest absolute Gasteiger partial charge is 0.196 e. The van der Waals surface area contributed by atoms with E-state index in [9.17, 15) is 0 Å². The fraction of sp³-hybridized carbons (Fsp3) is 0.267. The summed E-state index contributed by atoms with van der Waals surface area (Å²) in [7, 11) is 1.66. The number of nitrogens with zero attached hydrogens (tertiary/aromatic N) is 4. The Morgan fingerprint density at radius 2 is 2.18 bits per heavy atom. The Hall–Kier alpha value is -1.86. The second kappa shape index (κ2) is 6.93. The lowest BCUT2D eigenvalue weighted by Gasteiger charge is -2.10. The Kier molecular flexibility index (Phi) is 4.74. The van der Waals surface area contributed by atoms with E-state index in [0.717, 1.165) is 34.5 Å². The molecule has 5 nitrogen and oxygen atoms in total. The summed E-state index contributed by atoms with van der Waals surface area (Å²) in [6.45, 7) is 2.12. The topological polar surface area (TPSA) is 52.8 Å². The predicted octanol–water partition coefficient (Wildman–Crippen LogP) is 3.59. The number of aromatic nitrogens is 4. The van der Waals surface area contributed by atoms with Crippen LogP contribution in [0.15, 0.2) is 41.1 Å². The Bertz CT molecular complexity index is 753. The molecule has 0 spiro atoms. The van der Waals surface area contributed by atoms with Gasteiger partial charge in [0.2, 0.25) is 0 Å². The van der Waals surface area contributed by atoms with Crippen molar-refractivity contribution in [1.29, 1.82) is 0 Å². The van der Waals surface area contributed by atoms with Crippen LogP contribution in [-0.4, -0.2) is 26.9 Å².